The Hall–Kier alpha value is -3.61. The minimum atomic E-state index is -0.356. The zero-order valence-corrected chi connectivity index (χ0v) is 13.1. The second-order valence-corrected chi connectivity index (χ2v) is 5.52. The van der Waals surface area contributed by atoms with Gasteiger partial charge in [0.25, 0.3) is 5.56 Å². The Morgan fingerprint density at radius 1 is 1.20 bits per heavy atom. The second-order valence-electron chi connectivity index (χ2n) is 5.52. The lowest BCUT2D eigenvalue weighted by Crippen LogP contribution is -2.29. The molecule has 0 aliphatic heterocycles. The van der Waals surface area contributed by atoms with E-state index < -0.39 is 0 Å². The molecule has 25 heavy (non-hydrogen) atoms. The fourth-order valence-corrected chi connectivity index (χ4v) is 2.58. The summed E-state index contributed by atoms with van der Waals surface area (Å²) in [5.41, 5.74) is 1.71. The summed E-state index contributed by atoms with van der Waals surface area (Å²) in [6.45, 7) is -0.184. The summed E-state index contributed by atoms with van der Waals surface area (Å²) < 4.78 is 6.38. The first-order chi connectivity index (χ1) is 12.2. The van der Waals surface area contributed by atoms with Crippen LogP contribution in [0.4, 0.5) is 5.69 Å². The number of nitrogens with one attached hydrogen (secondary N) is 2. The molecule has 1 aromatic carbocycles. The quantitative estimate of drug-likeness (QED) is 0.600. The number of carbonyl (C=O) groups is 1. The van der Waals surface area contributed by atoms with E-state index in [4.69, 9.17) is 4.42 Å². The fourth-order valence-electron chi connectivity index (χ4n) is 2.58. The highest BCUT2D eigenvalue weighted by molar-refractivity contribution is 5.93. The van der Waals surface area contributed by atoms with E-state index in [0.717, 1.165) is 15.6 Å². The maximum atomic E-state index is 12.3. The Labute approximate surface area is 141 Å². The lowest BCUT2D eigenvalue weighted by Gasteiger charge is -2.07. The van der Waals surface area contributed by atoms with E-state index in [1.54, 1.807) is 18.2 Å². The van der Waals surface area contributed by atoms with Crippen molar-refractivity contribution in [3.05, 3.63) is 71.3 Å². The van der Waals surface area contributed by atoms with Gasteiger partial charge in [0.15, 0.2) is 5.76 Å². The van der Waals surface area contributed by atoms with Crippen LogP contribution in [0.1, 0.15) is 0 Å². The van der Waals surface area contributed by atoms with Crippen molar-refractivity contribution >= 4 is 22.5 Å². The molecule has 0 atom stereocenters. The molecule has 0 saturated carbocycles. The number of amides is 1. The Balaban J connectivity index is 1.54. The standard InChI is InChI=1S/C18H14N4O3/c23-17(20-13-4-3-12-7-8-19-15(12)10-13)11-22-18(24)6-5-14(21-22)16-2-1-9-25-16/h1-10,19H,11H2,(H,20,23). The molecule has 0 bridgehead atoms. The average Bonchev–Trinajstić information content (AvgIpc) is 3.27. The highest BCUT2D eigenvalue weighted by Gasteiger charge is 2.10. The Kier molecular flexibility index (Phi) is 3.66. The van der Waals surface area contributed by atoms with Gasteiger partial charge in [-0.1, -0.05) is 6.07 Å². The molecule has 4 rings (SSSR count). The molecule has 7 heteroatoms. The number of anilines is 1. The molecule has 124 valence electrons. The molecule has 2 N–H and O–H groups in total. The van der Waals surface area contributed by atoms with E-state index in [9.17, 15) is 9.59 Å². The SMILES string of the molecule is O=C(Cn1nc(-c2ccco2)ccc1=O)Nc1ccc2cc[nH]c2c1. The monoisotopic (exact) mass is 334 g/mol. The van der Waals surface area contributed by atoms with Crippen LogP contribution in [0.3, 0.4) is 0 Å². The number of furan rings is 1. The molecule has 1 amide bonds. The number of fused-ring (bicyclic) bond motifs is 1. The molecule has 0 unspecified atom stereocenters. The van der Waals surface area contributed by atoms with E-state index in [1.165, 1.54) is 12.3 Å². The highest BCUT2D eigenvalue weighted by Crippen LogP contribution is 2.18. The summed E-state index contributed by atoms with van der Waals surface area (Å²) in [5, 5.41) is 8.01. The van der Waals surface area contributed by atoms with Crippen LogP contribution in [0.15, 0.2) is 70.2 Å². The number of rotatable bonds is 4. The molecule has 0 saturated heterocycles. The molecule has 0 aliphatic rings. The van der Waals surface area contributed by atoms with Crippen molar-refractivity contribution in [2.24, 2.45) is 0 Å². The van der Waals surface area contributed by atoms with Gasteiger partial charge in [0, 0.05) is 23.5 Å². The van der Waals surface area contributed by atoms with Crippen molar-refractivity contribution in [3.8, 4) is 11.5 Å². The maximum absolute atomic E-state index is 12.3. The van der Waals surface area contributed by atoms with E-state index in [0.29, 0.717) is 17.1 Å². The number of hydrogen-bond acceptors (Lipinski definition) is 4. The van der Waals surface area contributed by atoms with Gasteiger partial charge in [-0.3, -0.25) is 9.59 Å². The summed E-state index contributed by atoms with van der Waals surface area (Å²) in [4.78, 5) is 27.3. The fraction of sp³-hybridized carbons (Fsp3) is 0.0556. The third-order valence-electron chi connectivity index (χ3n) is 3.77. The topological polar surface area (TPSA) is 92.9 Å². The highest BCUT2D eigenvalue weighted by atomic mass is 16.3. The van der Waals surface area contributed by atoms with Gasteiger partial charge in [-0.25, -0.2) is 4.68 Å². The zero-order valence-electron chi connectivity index (χ0n) is 13.1. The number of aromatic nitrogens is 3. The zero-order chi connectivity index (χ0) is 17.2. The first-order valence-corrected chi connectivity index (χ1v) is 7.68. The molecule has 0 radical (unpaired) electrons. The van der Waals surface area contributed by atoms with Gasteiger partial charge in [0.05, 0.1) is 6.26 Å². The third-order valence-corrected chi connectivity index (χ3v) is 3.77. The molecule has 3 heterocycles. The van der Waals surface area contributed by atoms with Crippen LogP contribution in [0.5, 0.6) is 0 Å². The Morgan fingerprint density at radius 3 is 2.96 bits per heavy atom. The number of nitrogens with zero attached hydrogens (tertiary/aromatic N) is 2. The van der Waals surface area contributed by atoms with Crippen LogP contribution in [-0.4, -0.2) is 20.7 Å². The normalized spacial score (nSPS) is 10.9. The molecular weight excluding hydrogens is 320 g/mol. The van der Waals surface area contributed by atoms with Crippen molar-refractivity contribution in [3.63, 3.8) is 0 Å². The van der Waals surface area contributed by atoms with E-state index in [-0.39, 0.29) is 18.0 Å². The van der Waals surface area contributed by atoms with Gasteiger partial charge in [-0.15, -0.1) is 0 Å². The third kappa shape index (κ3) is 3.07. The van der Waals surface area contributed by atoms with Gasteiger partial charge in [-0.2, -0.15) is 5.10 Å². The molecule has 0 fully saturated rings. The second kappa shape index (κ2) is 6.12. The molecule has 7 nitrogen and oxygen atoms in total. The van der Waals surface area contributed by atoms with Crippen molar-refractivity contribution < 1.29 is 9.21 Å². The van der Waals surface area contributed by atoms with Crippen LogP contribution in [-0.2, 0) is 11.3 Å². The van der Waals surface area contributed by atoms with Crippen LogP contribution < -0.4 is 10.9 Å². The minimum absolute atomic E-state index is 0.184. The van der Waals surface area contributed by atoms with Crippen LogP contribution in [0.2, 0.25) is 0 Å². The van der Waals surface area contributed by atoms with E-state index >= 15 is 0 Å². The molecule has 3 aromatic heterocycles. The summed E-state index contributed by atoms with van der Waals surface area (Å²) in [7, 11) is 0. The van der Waals surface area contributed by atoms with Gasteiger partial charge < -0.3 is 14.7 Å². The van der Waals surface area contributed by atoms with Crippen molar-refractivity contribution in [1.29, 1.82) is 0 Å². The van der Waals surface area contributed by atoms with Crippen molar-refractivity contribution in [2.45, 2.75) is 6.54 Å². The molecule has 4 aromatic rings. The Bertz CT molecular complexity index is 1090. The summed E-state index contributed by atoms with van der Waals surface area (Å²) in [5.74, 6) is 0.198. The van der Waals surface area contributed by atoms with Crippen molar-refractivity contribution in [2.75, 3.05) is 5.32 Å². The Morgan fingerprint density at radius 2 is 2.12 bits per heavy atom. The first kappa shape index (κ1) is 14.9. The van der Waals surface area contributed by atoms with Gasteiger partial charge in [-0.05, 0) is 41.8 Å². The van der Waals surface area contributed by atoms with Crippen LogP contribution in [0.25, 0.3) is 22.4 Å². The number of aromatic amines is 1. The lowest BCUT2D eigenvalue weighted by atomic mass is 10.2. The smallest absolute Gasteiger partial charge is 0.267 e. The molecular formula is C18H14N4O3. The van der Waals surface area contributed by atoms with Crippen molar-refractivity contribution in [1.82, 2.24) is 14.8 Å². The largest absolute Gasteiger partial charge is 0.463 e. The maximum Gasteiger partial charge on any atom is 0.267 e. The van der Waals surface area contributed by atoms with Gasteiger partial charge in [0.2, 0.25) is 5.91 Å². The summed E-state index contributed by atoms with van der Waals surface area (Å²) in [6, 6.07) is 13.9. The molecule has 0 spiro atoms. The predicted molar refractivity (Wildman–Crippen MR) is 93.1 cm³/mol. The first-order valence-electron chi connectivity index (χ1n) is 7.68. The van der Waals surface area contributed by atoms with Crippen LogP contribution in [0, 0.1) is 0 Å². The average molecular weight is 334 g/mol. The summed E-state index contributed by atoms with van der Waals surface area (Å²) in [6.07, 6.45) is 3.36. The number of benzene rings is 1. The number of carbonyl (C=O) groups excluding carboxylic acids is 1. The van der Waals surface area contributed by atoms with E-state index in [2.05, 4.69) is 15.4 Å². The number of hydrogen-bond donors (Lipinski definition) is 2. The van der Waals surface area contributed by atoms with Crippen LogP contribution >= 0.6 is 0 Å². The van der Waals surface area contributed by atoms with Gasteiger partial charge >= 0.3 is 0 Å². The number of H-pyrrole nitrogens is 1. The predicted octanol–water partition coefficient (Wildman–Crippen LogP) is 2.62. The molecule has 0 aliphatic carbocycles. The summed E-state index contributed by atoms with van der Waals surface area (Å²) >= 11 is 0. The lowest BCUT2D eigenvalue weighted by molar-refractivity contribution is -0.117. The minimum Gasteiger partial charge on any atom is -0.463 e. The van der Waals surface area contributed by atoms with E-state index in [1.807, 2.05) is 30.5 Å². The van der Waals surface area contributed by atoms with Gasteiger partial charge in [0.1, 0.15) is 12.2 Å².